The second-order valence-corrected chi connectivity index (χ2v) is 28.9. The molecule has 96 heavy (non-hydrogen) atoms. The lowest BCUT2D eigenvalue weighted by atomic mass is 9.91. The van der Waals surface area contributed by atoms with Gasteiger partial charge in [0, 0.05) is 75.3 Å². The van der Waals surface area contributed by atoms with E-state index < -0.39 is 167 Å². The van der Waals surface area contributed by atoms with Crippen molar-refractivity contribution in [2.45, 2.75) is 242 Å². The van der Waals surface area contributed by atoms with E-state index in [2.05, 4.69) is 33.1 Å². The van der Waals surface area contributed by atoms with Crippen molar-refractivity contribution in [3.8, 4) is 0 Å². The SMILES string of the molecule is CC[C@@H]1NC(=O)[C@H]([C@H](OC(C)=O)[C@H](C)CC)N(C)C(=O)[C@H](C(C)C)N(C)C(=O)[C@H](CC(C)C)N(C)C(=O)[C@H](CC(C)C)N(C)C(=O)[C@@H](C)NC(=O)[C@H](C)NC(=O)[C@H](CC(C)C)N(C)C(=O)[C@H](C(C)C)NC(=O)[C@H]([C@H](C)COC[C@@H]2CN(CC)CCO2)N(C)C(=O)[C@@H](C)N(C)C1=O. The predicted molar refractivity (Wildman–Crippen MR) is 366 cm³/mol. The van der Waals surface area contributed by atoms with Crippen molar-refractivity contribution >= 4 is 70.9 Å². The standard InChI is InChI=1S/C69H124N12O15/c1-27-43(14)58(96-48(19)82)57-62(86)72-50(28-2)65(89)74(20)47(18)64(88)79(25)56(44(15)36-94-37-49-35-81(29-3)30-31-95-49)61(85)73-54(41(10)11)68(92)75(21)51(32-38(4)5)60(84)70-45(16)59(83)71-46(17)63(87)76(22)52(33-39(6)7)66(90)77(23)53(34-40(8)9)67(91)78(24)55(42(12)13)69(93)80(57)26/h38-47,49-58H,27-37H2,1-26H3,(H,70,84)(H,71,83)(H,72,86)(H,73,85)/t43-,44-,45+,46-,47-,49+,50+,51+,52+,53+,54+,55+,56+,57+,58-/m1/s1. The van der Waals surface area contributed by atoms with Crippen molar-refractivity contribution in [1.82, 2.24) is 60.5 Å². The van der Waals surface area contributed by atoms with Crippen LogP contribution in [0.2, 0.25) is 0 Å². The number of rotatable bonds is 19. The first-order valence-corrected chi connectivity index (χ1v) is 34.7. The van der Waals surface area contributed by atoms with E-state index in [1.54, 1.807) is 48.5 Å². The largest absolute Gasteiger partial charge is 0.460 e. The van der Waals surface area contributed by atoms with Crippen LogP contribution in [0.4, 0.5) is 0 Å². The summed E-state index contributed by atoms with van der Waals surface area (Å²) in [5.41, 5.74) is 0. The Morgan fingerprint density at radius 3 is 1.48 bits per heavy atom. The Kier molecular flexibility index (Phi) is 35.0. The Balaban J connectivity index is 3.07. The second kappa shape index (κ2) is 39.2. The van der Waals surface area contributed by atoms with Crippen LogP contribution in [0.3, 0.4) is 0 Å². The van der Waals surface area contributed by atoms with Gasteiger partial charge in [0.2, 0.25) is 65.0 Å². The molecule has 11 amide bonds. The highest BCUT2D eigenvalue weighted by atomic mass is 16.5. The van der Waals surface area contributed by atoms with Crippen molar-refractivity contribution < 1.29 is 71.7 Å². The number of amides is 11. The number of esters is 1. The molecule has 4 N–H and O–H groups in total. The van der Waals surface area contributed by atoms with E-state index >= 15 is 28.8 Å². The van der Waals surface area contributed by atoms with Gasteiger partial charge in [0.1, 0.15) is 72.6 Å². The molecule has 2 saturated heterocycles. The average Bonchev–Trinajstić information content (AvgIpc) is 0.807. The van der Waals surface area contributed by atoms with Crippen molar-refractivity contribution in [2.24, 2.45) is 41.4 Å². The molecule has 27 nitrogen and oxygen atoms in total. The molecule has 2 rings (SSSR count). The molecule has 550 valence electrons. The monoisotopic (exact) mass is 1360 g/mol. The fourth-order valence-corrected chi connectivity index (χ4v) is 12.5. The Hall–Kier alpha value is -6.48. The fourth-order valence-electron chi connectivity index (χ4n) is 12.5. The summed E-state index contributed by atoms with van der Waals surface area (Å²) in [6.45, 7) is 35.3. The van der Waals surface area contributed by atoms with E-state index in [1.807, 2.05) is 48.5 Å². The minimum atomic E-state index is -1.61. The molecule has 2 aliphatic heterocycles. The van der Waals surface area contributed by atoms with Gasteiger partial charge in [0.25, 0.3) is 0 Å². The van der Waals surface area contributed by atoms with Crippen molar-refractivity contribution in [2.75, 3.05) is 88.8 Å². The number of likely N-dealkylation sites (N-methyl/N-ethyl adjacent to an activating group) is 8. The van der Waals surface area contributed by atoms with E-state index in [0.717, 1.165) is 22.9 Å². The molecule has 0 aromatic carbocycles. The van der Waals surface area contributed by atoms with Crippen molar-refractivity contribution in [1.29, 1.82) is 0 Å². The smallest absolute Gasteiger partial charge is 0.303 e. The summed E-state index contributed by atoms with van der Waals surface area (Å²) in [6.07, 6.45) is -0.836. The minimum Gasteiger partial charge on any atom is -0.460 e. The third kappa shape index (κ3) is 23.3. The highest BCUT2D eigenvalue weighted by Crippen LogP contribution is 2.27. The molecular formula is C69H124N12O15. The Morgan fingerprint density at radius 1 is 0.510 bits per heavy atom. The lowest BCUT2D eigenvalue weighted by Crippen LogP contribution is -2.64. The number of hydrogen-bond donors (Lipinski definition) is 4. The van der Waals surface area contributed by atoms with E-state index in [4.69, 9.17) is 14.2 Å². The Labute approximate surface area is 573 Å². The molecule has 0 saturated carbocycles. The van der Waals surface area contributed by atoms with Crippen LogP contribution in [0.15, 0.2) is 0 Å². The van der Waals surface area contributed by atoms with Crippen molar-refractivity contribution in [3.63, 3.8) is 0 Å². The number of carbonyl (C=O) groups excluding carboxylic acids is 12. The Bertz CT molecular complexity index is 2640. The highest BCUT2D eigenvalue weighted by molar-refractivity contribution is 6.00. The molecule has 0 aliphatic carbocycles. The summed E-state index contributed by atoms with van der Waals surface area (Å²) < 4.78 is 18.1. The molecular weight excluding hydrogens is 1240 g/mol. The van der Waals surface area contributed by atoms with E-state index in [1.165, 1.54) is 102 Å². The Morgan fingerprint density at radius 2 is 0.990 bits per heavy atom. The molecule has 27 heteroatoms. The third-order valence-corrected chi connectivity index (χ3v) is 18.9. The van der Waals surface area contributed by atoms with Gasteiger partial charge in [-0.2, -0.15) is 0 Å². The maximum atomic E-state index is 15.4. The first kappa shape index (κ1) is 85.6. The van der Waals surface area contributed by atoms with Gasteiger partial charge < -0.3 is 69.8 Å². The maximum Gasteiger partial charge on any atom is 0.303 e. The van der Waals surface area contributed by atoms with Crippen LogP contribution in [0.1, 0.15) is 164 Å². The number of nitrogens with zero attached hydrogens (tertiary/aromatic N) is 8. The van der Waals surface area contributed by atoms with Crippen LogP contribution in [-0.2, 0) is 71.7 Å². The minimum absolute atomic E-state index is 0.0269. The van der Waals surface area contributed by atoms with Gasteiger partial charge in [0.15, 0.2) is 0 Å². The zero-order valence-electron chi connectivity index (χ0n) is 63.0. The van der Waals surface area contributed by atoms with Crippen LogP contribution in [0, 0.1) is 41.4 Å². The third-order valence-electron chi connectivity index (χ3n) is 18.9. The zero-order chi connectivity index (χ0) is 73.8. The molecule has 0 aromatic rings. The van der Waals surface area contributed by atoms with Gasteiger partial charge in [-0.25, -0.2) is 0 Å². The van der Waals surface area contributed by atoms with E-state index in [0.29, 0.717) is 19.6 Å². The normalized spacial score (nSPS) is 28.0. The van der Waals surface area contributed by atoms with Crippen LogP contribution < -0.4 is 21.3 Å². The van der Waals surface area contributed by atoms with E-state index in [-0.39, 0.29) is 62.8 Å². The molecule has 15 atom stereocenters. The summed E-state index contributed by atoms with van der Waals surface area (Å²) in [4.78, 5) is 188. The molecule has 0 spiro atoms. The van der Waals surface area contributed by atoms with Gasteiger partial charge >= 0.3 is 5.97 Å². The maximum absolute atomic E-state index is 15.4. The van der Waals surface area contributed by atoms with Crippen LogP contribution >= 0.6 is 0 Å². The number of nitrogens with one attached hydrogen (secondary N) is 4. The first-order valence-electron chi connectivity index (χ1n) is 34.7. The molecule has 0 bridgehead atoms. The number of carbonyl (C=O) groups is 12. The molecule has 2 aliphatic rings. The number of morpholine rings is 1. The van der Waals surface area contributed by atoms with Gasteiger partial charge in [-0.05, 0) is 94.9 Å². The molecule has 2 heterocycles. The van der Waals surface area contributed by atoms with Crippen LogP contribution in [0.5, 0.6) is 0 Å². The lowest BCUT2D eigenvalue weighted by Gasteiger charge is -2.42. The molecule has 0 radical (unpaired) electrons. The van der Waals surface area contributed by atoms with Gasteiger partial charge in [0.05, 0.1) is 25.9 Å². The molecule has 0 unspecified atom stereocenters. The topological polar surface area (TPSA) is 307 Å². The summed E-state index contributed by atoms with van der Waals surface area (Å²) in [7, 11) is 9.89. The molecule has 2 fully saturated rings. The quantitative estimate of drug-likeness (QED) is 0.135. The summed E-state index contributed by atoms with van der Waals surface area (Å²) >= 11 is 0. The molecule has 0 aromatic heterocycles. The van der Waals surface area contributed by atoms with E-state index in [9.17, 15) is 28.8 Å². The summed E-state index contributed by atoms with van der Waals surface area (Å²) in [5, 5.41) is 11.1. The fraction of sp³-hybridized carbons (Fsp3) is 0.826. The average molecular weight is 1360 g/mol. The summed E-state index contributed by atoms with van der Waals surface area (Å²) in [6, 6.07) is -14.2. The summed E-state index contributed by atoms with van der Waals surface area (Å²) in [5.74, 6) is -11.6. The lowest BCUT2D eigenvalue weighted by molar-refractivity contribution is -0.164. The second-order valence-electron chi connectivity index (χ2n) is 28.9. The zero-order valence-corrected chi connectivity index (χ0v) is 63.0. The predicted octanol–water partition coefficient (Wildman–Crippen LogP) is 3.00. The van der Waals surface area contributed by atoms with Crippen LogP contribution in [-0.4, -0.2) is 278 Å². The highest BCUT2D eigenvalue weighted by Gasteiger charge is 2.47. The van der Waals surface area contributed by atoms with Gasteiger partial charge in [-0.15, -0.1) is 0 Å². The van der Waals surface area contributed by atoms with Crippen LogP contribution in [0.25, 0.3) is 0 Å². The number of ether oxygens (including phenoxy) is 3. The van der Waals surface area contributed by atoms with Crippen molar-refractivity contribution in [3.05, 3.63) is 0 Å². The van der Waals surface area contributed by atoms with Gasteiger partial charge in [-0.1, -0.05) is 104 Å². The number of hydrogen-bond acceptors (Lipinski definition) is 16. The first-order chi connectivity index (χ1) is 44.5. The van der Waals surface area contributed by atoms with Gasteiger partial charge in [-0.3, -0.25) is 62.4 Å².